The number of aromatic nitrogens is 1. The van der Waals surface area contributed by atoms with E-state index < -0.39 is 0 Å². The van der Waals surface area contributed by atoms with Gasteiger partial charge in [0, 0.05) is 17.9 Å². The van der Waals surface area contributed by atoms with Gasteiger partial charge < -0.3 is 9.84 Å². The van der Waals surface area contributed by atoms with Crippen molar-refractivity contribution in [3.8, 4) is 0 Å². The quantitative estimate of drug-likeness (QED) is 0.838. The van der Waals surface area contributed by atoms with E-state index in [9.17, 15) is 4.79 Å². The summed E-state index contributed by atoms with van der Waals surface area (Å²) in [6, 6.07) is 1.55. The number of hydrogen-bond acceptors (Lipinski definition) is 3. The molecule has 0 aliphatic carbocycles. The van der Waals surface area contributed by atoms with Crippen LogP contribution in [0.4, 0.5) is 0 Å². The molecule has 0 saturated heterocycles. The van der Waals surface area contributed by atoms with Gasteiger partial charge in [0.15, 0.2) is 5.69 Å². The number of alkyl halides is 1. The summed E-state index contributed by atoms with van der Waals surface area (Å²) in [7, 11) is 0. The standard InChI is InChI=1S/C10H15BrN2O2/c1-10(2,4-5-11)7-12-9(14)8-3-6-15-13-8/h3,6H,4-5,7H2,1-2H3,(H,12,14). The molecule has 4 nitrogen and oxygen atoms in total. The van der Waals surface area contributed by atoms with Gasteiger partial charge in [-0.25, -0.2) is 0 Å². The van der Waals surface area contributed by atoms with Crippen molar-refractivity contribution in [3.63, 3.8) is 0 Å². The zero-order valence-electron chi connectivity index (χ0n) is 8.92. The second kappa shape index (κ2) is 5.30. The predicted octanol–water partition coefficient (Wildman–Crippen LogP) is 2.22. The van der Waals surface area contributed by atoms with Crippen molar-refractivity contribution < 1.29 is 9.32 Å². The molecule has 0 fully saturated rings. The third kappa shape index (κ3) is 4.03. The average Bonchev–Trinajstić information content (AvgIpc) is 2.67. The zero-order valence-corrected chi connectivity index (χ0v) is 10.5. The Bertz CT molecular complexity index is 309. The third-order valence-electron chi connectivity index (χ3n) is 2.17. The van der Waals surface area contributed by atoms with Gasteiger partial charge in [-0.3, -0.25) is 4.79 Å². The molecule has 1 N–H and O–H groups in total. The largest absolute Gasteiger partial charge is 0.364 e. The van der Waals surface area contributed by atoms with Crippen LogP contribution in [0, 0.1) is 5.41 Å². The normalized spacial score (nSPS) is 11.4. The number of carbonyl (C=O) groups excluding carboxylic acids is 1. The number of rotatable bonds is 5. The van der Waals surface area contributed by atoms with Crippen LogP contribution in [0.15, 0.2) is 16.9 Å². The highest BCUT2D eigenvalue weighted by Gasteiger charge is 2.19. The van der Waals surface area contributed by atoms with Crippen molar-refractivity contribution >= 4 is 21.8 Å². The first-order valence-corrected chi connectivity index (χ1v) is 5.92. The van der Waals surface area contributed by atoms with Gasteiger partial charge >= 0.3 is 0 Å². The van der Waals surface area contributed by atoms with E-state index in [-0.39, 0.29) is 11.3 Å². The molecule has 84 valence electrons. The Labute approximate surface area is 97.5 Å². The molecule has 0 atom stereocenters. The van der Waals surface area contributed by atoms with Crippen molar-refractivity contribution in [1.82, 2.24) is 10.5 Å². The van der Waals surface area contributed by atoms with Crippen LogP contribution in [-0.2, 0) is 0 Å². The summed E-state index contributed by atoms with van der Waals surface area (Å²) in [6.07, 6.45) is 2.39. The van der Waals surface area contributed by atoms with E-state index in [1.165, 1.54) is 6.26 Å². The Morgan fingerprint density at radius 2 is 2.40 bits per heavy atom. The molecule has 0 aliphatic rings. The molecule has 5 heteroatoms. The summed E-state index contributed by atoms with van der Waals surface area (Å²) in [6.45, 7) is 4.85. The molecule has 1 amide bonds. The number of carbonyl (C=O) groups is 1. The maximum Gasteiger partial charge on any atom is 0.273 e. The Morgan fingerprint density at radius 3 is 2.93 bits per heavy atom. The van der Waals surface area contributed by atoms with Gasteiger partial charge in [-0.05, 0) is 11.8 Å². The summed E-state index contributed by atoms with van der Waals surface area (Å²) >= 11 is 3.39. The number of amides is 1. The van der Waals surface area contributed by atoms with E-state index in [0.29, 0.717) is 12.2 Å². The van der Waals surface area contributed by atoms with Gasteiger partial charge in [0.1, 0.15) is 6.26 Å². The fraction of sp³-hybridized carbons (Fsp3) is 0.600. The zero-order chi connectivity index (χ0) is 11.3. The van der Waals surface area contributed by atoms with Gasteiger partial charge in [-0.2, -0.15) is 0 Å². The third-order valence-corrected chi connectivity index (χ3v) is 2.57. The van der Waals surface area contributed by atoms with Crippen LogP contribution in [-0.4, -0.2) is 22.9 Å². The molecular weight excluding hydrogens is 260 g/mol. The van der Waals surface area contributed by atoms with Gasteiger partial charge in [0.25, 0.3) is 5.91 Å². The summed E-state index contributed by atoms with van der Waals surface area (Å²) < 4.78 is 4.60. The minimum atomic E-state index is -0.189. The smallest absolute Gasteiger partial charge is 0.273 e. The first kappa shape index (κ1) is 12.2. The maximum atomic E-state index is 11.5. The maximum absolute atomic E-state index is 11.5. The first-order chi connectivity index (χ1) is 7.05. The highest BCUT2D eigenvalue weighted by atomic mass is 79.9. The average molecular weight is 275 g/mol. The van der Waals surface area contributed by atoms with E-state index in [0.717, 1.165) is 11.8 Å². The van der Waals surface area contributed by atoms with Gasteiger partial charge in [-0.15, -0.1) is 0 Å². The van der Waals surface area contributed by atoms with Crippen LogP contribution < -0.4 is 5.32 Å². The highest BCUT2D eigenvalue weighted by Crippen LogP contribution is 2.19. The molecule has 1 heterocycles. The summed E-state index contributed by atoms with van der Waals surface area (Å²) in [5.74, 6) is -0.189. The molecule has 0 unspecified atom stereocenters. The van der Waals surface area contributed by atoms with Gasteiger partial charge in [0.2, 0.25) is 0 Å². The summed E-state index contributed by atoms with van der Waals surface area (Å²) in [5.41, 5.74) is 0.410. The Morgan fingerprint density at radius 1 is 1.67 bits per heavy atom. The summed E-state index contributed by atoms with van der Waals surface area (Å²) in [4.78, 5) is 11.5. The SMILES string of the molecule is CC(C)(CCBr)CNC(=O)c1ccon1. The molecule has 1 aromatic heterocycles. The van der Waals surface area contributed by atoms with E-state index in [1.807, 2.05) is 0 Å². The fourth-order valence-corrected chi connectivity index (χ4v) is 2.16. The molecule has 0 aliphatic heterocycles. The fourth-order valence-electron chi connectivity index (χ4n) is 1.08. The van der Waals surface area contributed by atoms with E-state index >= 15 is 0 Å². The predicted molar refractivity (Wildman–Crippen MR) is 61.0 cm³/mol. The van der Waals surface area contributed by atoms with Crippen molar-refractivity contribution in [3.05, 3.63) is 18.0 Å². The highest BCUT2D eigenvalue weighted by molar-refractivity contribution is 9.09. The molecule has 15 heavy (non-hydrogen) atoms. The Balaban J connectivity index is 2.40. The van der Waals surface area contributed by atoms with Gasteiger partial charge in [-0.1, -0.05) is 34.9 Å². The molecule has 0 radical (unpaired) electrons. The number of halogens is 1. The van der Waals surface area contributed by atoms with E-state index in [4.69, 9.17) is 0 Å². The van der Waals surface area contributed by atoms with E-state index in [2.05, 4.69) is 44.8 Å². The van der Waals surface area contributed by atoms with Crippen molar-refractivity contribution in [2.24, 2.45) is 5.41 Å². The minimum Gasteiger partial charge on any atom is -0.364 e. The summed E-state index contributed by atoms with van der Waals surface area (Å²) in [5, 5.41) is 7.32. The number of nitrogens with zero attached hydrogens (tertiary/aromatic N) is 1. The Hall–Kier alpha value is -0.840. The lowest BCUT2D eigenvalue weighted by Gasteiger charge is -2.23. The van der Waals surface area contributed by atoms with Gasteiger partial charge in [0.05, 0.1) is 0 Å². The van der Waals surface area contributed by atoms with Crippen LogP contribution in [0.1, 0.15) is 30.8 Å². The first-order valence-electron chi connectivity index (χ1n) is 4.80. The molecule has 1 aromatic rings. The molecular formula is C10H15BrN2O2. The lowest BCUT2D eigenvalue weighted by atomic mass is 9.90. The van der Waals surface area contributed by atoms with Crippen LogP contribution in [0.25, 0.3) is 0 Å². The minimum absolute atomic E-state index is 0.0862. The monoisotopic (exact) mass is 274 g/mol. The van der Waals surface area contributed by atoms with Crippen LogP contribution in [0.5, 0.6) is 0 Å². The van der Waals surface area contributed by atoms with Crippen molar-refractivity contribution in [2.45, 2.75) is 20.3 Å². The second-order valence-corrected chi connectivity index (χ2v) is 4.96. The molecule has 0 aromatic carbocycles. The lowest BCUT2D eigenvalue weighted by molar-refractivity contribution is 0.0927. The molecule has 0 bridgehead atoms. The molecule has 0 spiro atoms. The van der Waals surface area contributed by atoms with Crippen molar-refractivity contribution in [1.29, 1.82) is 0 Å². The Kier molecular flexibility index (Phi) is 4.32. The number of nitrogens with one attached hydrogen (secondary N) is 1. The topological polar surface area (TPSA) is 55.1 Å². The second-order valence-electron chi connectivity index (χ2n) is 4.17. The lowest BCUT2D eigenvalue weighted by Crippen LogP contribution is -2.34. The molecule has 0 saturated carbocycles. The molecule has 1 rings (SSSR count). The van der Waals surface area contributed by atoms with Crippen LogP contribution in [0.3, 0.4) is 0 Å². The van der Waals surface area contributed by atoms with E-state index in [1.54, 1.807) is 6.07 Å². The van der Waals surface area contributed by atoms with Crippen LogP contribution in [0.2, 0.25) is 0 Å². The van der Waals surface area contributed by atoms with Crippen LogP contribution >= 0.6 is 15.9 Å². The number of hydrogen-bond donors (Lipinski definition) is 1. The van der Waals surface area contributed by atoms with Crippen molar-refractivity contribution in [2.75, 3.05) is 11.9 Å².